The van der Waals surface area contributed by atoms with E-state index in [9.17, 15) is 4.79 Å². The molecule has 0 aliphatic carbocycles. The number of carbonyl (C=O) groups excluding carboxylic acids is 1. The predicted molar refractivity (Wildman–Crippen MR) is 134 cm³/mol. The maximum atomic E-state index is 12.9. The molecule has 0 N–H and O–H groups in total. The Hall–Kier alpha value is -3.42. The van der Waals surface area contributed by atoms with E-state index in [4.69, 9.17) is 9.26 Å². The third-order valence-electron chi connectivity index (χ3n) is 5.70. The van der Waals surface area contributed by atoms with Crippen molar-refractivity contribution in [3.63, 3.8) is 0 Å². The van der Waals surface area contributed by atoms with E-state index in [-0.39, 0.29) is 5.97 Å². The fraction of sp³-hybridized carbons (Fsp3) is 0.107. The second kappa shape index (κ2) is 8.98. The molecule has 0 heterocycles. The van der Waals surface area contributed by atoms with Crippen molar-refractivity contribution in [3.05, 3.63) is 115 Å². The Kier molecular flexibility index (Phi) is 6.12. The zero-order valence-electron chi connectivity index (χ0n) is 18.3. The molecule has 4 aromatic carbocycles. The van der Waals surface area contributed by atoms with Gasteiger partial charge in [-0.15, -0.1) is 0 Å². The van der Waals surface area contributed by atoms with Gasteiger partial charge < -0.3 is 0 Å². The van der Waals surface area contributed by atoms with Crippen molar-refractivity contribution in [2.24, 2.45) is 0 Å². The summed E-state index contributed by atoms with van der Waals surface area (Å²) in [4.78, 5) is 12.9. The molecule has 0 saturated carbocycles. The second-order valence-corrected chi connectivity index (χ2v) is 11.9. The van der Waals surface area contributed by atoms with Gasteiger partial charge in [-0.05, 0) is 0 Å². The van der Waals surface area contributed by atoms with Gasteiger partial charge in [-0.2, -0.15) is 0 Å². The van der Waals surface area contributed by atoms with Gasteiger partial charge in [0.05, 0.1) is 0 Å². The Morgan fingerprint density at radius 3 is 1.34 bits per heavy atom. The van der Waals surface area contributed by atoms with Gasteiger partial charge in [-0.3, -0.25) is 0 Å². The van der Waals surface area contributed by atoms with Crippen molar-refractivity contribution >= 4 is 34.0 Å². The molecule has 0 aliphatic heterocycles. The van der Waals surface area contributed by atoms with E-state index in [2.05, 4.69) is 36.4 Å². The summed E-state index contributed by atoms with van der Waals surface area (Å²) >= 11 is 0. The third-order valence-corrected chi connectivity index (χ3v) is 11.5. The number of carbonyl (C=O) groups is 1. The molecule has 32 heavy (non-hydrogen) atoms. The quantitative estimate of drug-likeness (QED) is 0.389. The summed E-state index contributed by atoms with van der Waals surface area (Å²) in [6.45, 7) is 0.149. The van der Waals surface area contributed by atoms with Gasteiger partial charge in [0.25, 0.3) is 0 Å². The van der Waals surface area contributed by atoms with E-state index in [1.165, 1.54) is 6.92 Å². The van der Waals surface area contributed by atoms with E-state index in [1.807, 2.05) is 85.8 Å². The molecule has 0 fully saturated rings. The van der Waals surface area contributed by atoms with E-state index in [1.54, 1.807) is 0 Å². The van der Waals surface area contributed by atoms with E-state index >= 15 is 0 Å². The topological polar surface area (TPSA) is 35.5 Å². The van der Waals surface area contributed by atoms with Crippen LogP contribution in [0.4, 0.5) is 0 Å². The van der Waals surface area contributed by atoms with Crippen LogP contribution in [0.3, 0.4) is 0 Å². The number of benzene rings is 4. The standard InChI is InChI=1S/C28H27O3P/c1-3-30-24-19-21-28(22-20-24)32(31-23(2)29,25-13-7-4-8-14-25,26-15-9-5-10-16-26)27-17-11-6-12-18-27/h4-22H,3H2,1-2H3. The number of rotatable bonds is 7. The second-order valence-electron chi connectivity index (χ2n) is 7.55. The first-order chi connectivity index (χ1) is 15.6. The molecule has 0 aliphatic rings. The normalized spacial score (nSPS) is 12.4. The predicted octanol–water partition coefficient (Wildman–Crippen LogP) is 4.72. The Labute approximate surface area is 189 Å². The summed E-state index contributed by atoms with van der Waals surface area (Å²) in [6, 6.07) is 38.3. The first-order valence-corrected chi connectivity index (χ1v) is 12.9. The molecule has 4 heteroatoms. The van der Waals surface area contributed by atoms with Crippen molar-refractivity contribution in [3.8, 4) is 5.75 Å². The van der Waals surface area contributed by atoms with Crippen LogP contribution in [0.2, 0.25) is 0 Å². The van der Waals surface area contributed by atoms with Crippen LogP contribution in [-0.4, -0.2) is 12.6 Å². The molecule has 162 valence electrons. The molecule has 0 amide bonds. The van der Waals surface area contributed by atoms with Crippen LogP contribution >= 0.6 is 6.83 Å². The van der Waals surface area contributed by atoms with Crippen LogP contribution in [-0.2, 0) is 9.32 Å². The summed E-state index contributed by atoms with van der Waals surface area (Å²) in [5.74, 6) is 0.456. The Morgan fingerprint density at radius 1 is 0.625 bits per heavy atom. The summed E-state index contributed by atoms with van der Waals surface area (Å²) in [5, 5.41) is 3.85. The van der Waals surface area contributed by atoms with Gasteiger partial charge in [-0.1, -0.05) is 0 Å². The maximum absolute atomic E-state index is 12.9. The van der Waals surface area contributed by atoms with Crippen LogP contribution in [0.25, 0.3) is 0 Å². The SMILES string of the molecule is CCOc1ccc(P(OC(C)=O)(c2ccccc2)(c2ccccc2)c2ccccc2)cc1. The molecular weight excluding hydrogens is 415 g/mol. The van der Waals surface area contributed by atoms with E-state index in [0.29, 0.717) is 6.61 Å². The van der Waals surface area contributed by atoms with E-state index in [0.717, 1.165) is 27.0 Å². The average molecular weight is 442 g/mol. The van der Waals surface area contributed by atoms with Gasteiger partial charge >= 0.3 is 190 Å². The molecule has 0 atom stereocenters. The molecule has 3 nitrogen and oxygen atoms in total. The Morgan fingerprint density at radius 2 is 1.00 bits per heavy atom. The minimum atomic E-state index is -3.89. The van der Waals surface area contributed by atoms with Gasteiger partial charge in [0.1, 0.15) is 0 Å². The number of hydrogen-bond donors (Lipinski definition) is 0. The summed E-state index contributed by atoms with van der Waals surface area (Å²) < 4.78 is 12.4. The Balaban J connectivity index is 2.23. The molecule has 0 radical (unpaired) electrons. The third kappa shape index (κ3) is 3.39. The number of ether oxygens (including phenoxy) is 1. The number of hydrogen-bond acceptors (Lipinski definition) is 3. The minimum absolute atomic E-state index is 0.326. The molecule has 0 aromatic heterocycles. The van der Waals surface area contributed by atoms with Crippen molar-refractivity contribution in [2.75, 3.05) is 6.61 Å². The van der Waals surface area contributed by atoms with Crippen LogP contribution in [0.15, 0.2) is 115 Å². The monoisotopic (exact) mass is 442 g/mol. The molecular formula is C28H27O3P. The van der Waals surface area contributed by atoms with Crippen molar-refractivity contribution in [1.29, 1.82) is 0 Å². The van der Waals surface area contributed by atoms with Gasteiger partial charge in [-0.25, -0.2) is 0 Å². The van der Waals surface area contributed by atoms with E-state index < -0.39 is 6.83 Å². The van der Waals surface area contributed by atoms with Crippen LogP contribution < -0.4 is 26.0 Å². The first kappa shape index (κ1) is 21.8. The fourth-order valence-electron chi connectivity index (χ4n) is 4.49. The van der Waals surface area contributed by atoms with Crippen LogP contribution in [0, 0.1) is 0 Å². The average Bonchev–Trinajstić information content (AvgIpc) is 2.85. The summed E-state index contributed by atoms with van der Waals surface area (Å²) in [5.41, 5.74) is 0. The zero-order valence-corrected chi connectivity index (χ0v) is 19.2. The van der Waals surface area contributed by atoms with Gasteiger partial charge in [0.15, 0.2) is 0 Å². The molecule has 4 rings (SSSR count). The zero-order chi connectivity index (χ0) is 22.5. The molecule has 0 saturated heterocycles. The Bertz CT molecular complexity index is 1070. The first-order valence-electron chi connectivity index (χ1n) is 10.7. The van der Waals surface area contributed by atoms with Crippen molar-refractivity contribution < 1.29 is 14.1 Å². The fourth-order valence-corrected chi connectivity index (χ4v) is 10.2. The molecule has 4 aromatic rings. The van der Waals surface area contributed by atoms with Crippen LogP contribution in [0.1, 0.15) is 13.8 Å². The van der Waals surface area contributed by atoms with Gasteiger partial charge in [0.2, 0.25) is 0 Å². The summed E-state index contributed by atoms with van der Waals surface area (Å²) in [6.07, 6.45) is 0. The molecule has 0 bridgehead atoms. The summed E-state index contributed by atoms with van der Waals surface area (Å²) in [7, 11) is 0. The van der Waals surface area contributed by atoms with Crippen molar-refractivity contribution in [2.45, 2.75) is 13.8 Å². The molecule has 0 unspecified atom stereocenters. The van der Waals surface area contributed by atoms with Crippen LogP contribution in [0.5, 0.6) is 5.75 Å². The van der Waals surface area contributed by atoms with Gasteiger partial charge in [0, 0.05) is 0 Å². The van der Waals surface area contributed by atoms with Crippen molar-refractivity contribution in [1.82, 2.24) is 0 Å². The molecule has 0 spiro atoms.